The van der Waals surface area contributed by atoms with Gasteiger partial charge < -0.3 is 14.2 Å². The molecule has 0 aliphatic rings. The van der Waals surface area contributed by atoms with Crippen LogP contribution in [-0.2, 0) is 13.6 Å². The first-order valence-electron chi connectivity index (χ1n) is 7.11. The van der Waals surface area contributed by atoms with Gasteiger partial charge in [0.05, 0.1) is 30.0 Å². The molecule has 116 valence electrons. The van der Waals surface area contributed by atoms with Crippen molar-refractivity contribution in [1.29, 1.82) is 0 Å². The second-order valence-electron chi connectivity index (χ2n) is 5.51. The molecule has 0 unspecified atom stereocenters. The molecule has 0 fully saturated rings. The van der Waals surface area contributed by atoms with Crippen molar-refractivity contribution in [3.63, 3.8) is 0 Å². The molecule has 3 aromatic rings. The van der Waals surface area contributed by atoms with Gasteiger partial charge in [0.1, 0.15) is 6.33 Å². The van der Waals surface area contributed by atoms with E-state index in [2.05, 4.69) is 41.2 Å². The Hall–Kier alpha value is -1.86. The number of aliphatic hydroxyl groups is 1. The number of hydrogen-bond acceptors (Lipinski definition) is 5. The molecule has 1 N–H and O–H groups in total. The molecule has 3 rings (SSSR count). The van der Waals surface area contributed by atoms with Crippen LogP contribution < -0.4 is 0 Å². The zero-order chi connectivity index (χ0) is 15.7. The van der Waals surface area contributed by atoms with Crippen LogP contribution in [0.3, 0.4) is 0 Å². The van der Waals surface area contributed by atoms with Crippen molar-refractivity contribution in [2.75, 3.05) is 5.75 Å². The largest absolute Gasteiger partial charge is 0.390 e. The fraction of sp³-hybridized carbons (Fsp3) is 0.400. The van der Waals surface area contributed by atoms with Crippen LogP contribution in [0.5, 0.6) is 0 Å². The van der Waals surface area contributed by atoms with E-state index >= 15 is 0 Å². The highest BCUT2D eigenvalue weighted by Gasteiger charge is 2.12. The number of fused-ring (bicyclic) bond motifs is 1. The molecule has 6 nitrogen and oxygen atoms in total. The Kier molecular flexibility index (Phi) is 4.17. The van der Waals surface area contributed by atoms with E-state index < -0.39 is 6.10 Å². The number of thioether (sulfide) groups is 1. The molecule has 1 atom stereocenters. The normalized spacial score (nSPS) is 12.9. The Morgan fingerprint density at radius 1 is 1.23 bits per heavy atom. The van der Waals surface area contributed by atoms with Crippen LogP contribution in [0, 0.1) is 13.8 Å². The lowest BCUT2D eigenvalue weighted by Gasteiger charge is -2.12. The van der Waals surface area contributed by atoms with Gasteiger partial charge in [0.2, 0.25) is 0 Å². The molecule has 0 radical (unpaired) electrons. The average molecular weight is 317 g/mol. The predicted octanol–water partition coefficient (Wildman–Crippen LogP) is 1.93. The Morgan fingerprint density at radius 2 is 2.00 bits per heavy atom. The van der Waals surface area contributed by atoms with Gasteiger partial charge in [-0.05, 0) is 37.1 Å². The molecule has 1 aromatic carbocycles. The number of nitrogens with zero attached hydrogens (tertiary/aromatic N) is 5. The maximum absolute atomic E-state index is 10.3. The van der Waals surface area contributed by atoms with Crippen LogP contribution in [0.25, 0.3) is 11.0 Å². The first-order valence-corrected chi connectivity index (χ1v) is 8.10. The highest BCUT2D eigenvalue weighted by molar-refractivity contribution is 7.99. The van der Waals surface area contributed by atoms with E-state index in [0.29, 0.717) is 12.3 Å². The Bertz CT molecular complexity index is 794. The molecule has 0 amide bonds. The molecule has 7 heteroatoms. The van der Waals surface area contributed by atoms with Crippen molar-refractivity contribution in [2.24, 2.45) is 7.05 Å². The van der Waals surface area contributed by atoms with Crippen molar-refractivity contribution >= 4 is 22.8 Å². The summed E-state index contributed by atoms with van der Waals surface area (Å²) in [6.07, 6.45) is 2.98. The van der Waals surface area contributed by atoms with E-state index in [0.717, 1.165) is 16.2 Å². The van der Waals surface area contributed by atoms with E-state index in [4.69, 9.17) is 0 Å². The van der Waals surface area contributed by atoms with Crippen LogP contribution in [0.1, 0.15) is 11.1 Å². The molecule has 0 spiro atoms. The third-order valence-electron chi connectivity index (χ3n) is 3.72. The van der Waals surface area contributed by atoms with Crippen molar-refractivity contribution in [3.8, 4) is 0 Å². The minimum absolute atomic E-state index is 0.472. The summed E-state index contributed by atoms with van der Waals surface area (Å²) in [6, 6.07) is 4.21. The summed E-state index contributed by atoms with van der Waals surface area (Å²) >= 11 is 1.50. The van der Waals surface area contributed by atoms with Crippen LogP contribution in [-0.4, -0.2) is 41.3 Å². The number of imidazole rings is 1. The monoisotopic (exact) mass is 317 g/mol. The zero-order valence-corrected chi connectivity index (χ0v) is 13.7. The summed E-state index contributed by atoms with van der Waals surface area (Å²) in [5.41, 5.74) is 4.50. The summed E-state index contributed by atoms with van der Waals surface area (Å²) in [5, 5.41) is 18.9. The van der Waals surface area contributed by atoms with E-state index in [9.17, 15) is 5.11 Å². The van der Waals surface area contributed by atoms with Gasteiger partial charge >= 0.3 is 0 Å². The predicted molar refractivity (Wildman–Crippen MR) is 86.9 cm³/mol. The number of rotatable bonds is 5. The van der Waals surface area contributed by atoms with Gasteiger partial charge in [-0.1, -0.05) is 11.8 Å². The quantitative estimate of drug-likeness (QED) is 0.728. The highest BCUT2D eigenvalue weighted by atomic mass is 32.2. The topological polar surface area (TPSA) is 68.8 Å². The summed E-state index contributed by atoms with van der Waals surface area (Å²) in [5.74, 6) is 0.567. The molecule has 0 saturated heterocycles. The standard InChI is InChI=1S/C15H19N5OS/c1-10-4-13-14(5-11(10)2)20(8-16-13)6-12(21)7-22-15-18-17-9-19(15)3/h4-5,8-9,12,21H,6-7H2,1-3H3/t12-/m0/s1. The summed E-state index contributed by atoms with van der Waals surface area (Å²) in [4.78, 5) is 4.42. The van der Waals surface area contributed by atoms with Crippen molar-refractivity contribution in [1.82, 2.24) is 24.3 Å². The summed E-state index contributed by atoms with van der Waals surface area (Å²) in [6.45, 7) is 4.69. The number of aliphatic hydroxyl groups excluding tert-OH is 1. The van der Waals surface area contributed by atoms with Gasteiger partial charge in [-0.25, -0.2) is 4.98 Å². The number of benzene rings is 1. The molecule has 2 heterocycles. The van der Waals surface area contributed by atoms with E-state index in [1.807, 2.05) is 16.2 Å². The first kappa shape index (κ1) is 15.1. The third kappa shape index (κ3) is 3.00. The molecule has 0 aliphatic heterocycles. The molecule has 0 bridgehead atoms. The smallest absolute Gasteiger partial charge is 0.190 e. The fourth-order valence-corrected chi connectivity index (χ4v) is 3.12. The Labute approximate surface area is 133 Å². The van der Waals surface area contributed by atoms with Crippen molar-refractivity contribution in [2.45, 2.75) is 31.7 Å². The Balaban J connectivity index is 1.70. The molecular weight excluding hydrogens is 298 g/mol. The van der Waals surface area contributed by atoms with Gasteiger partial charge in [0, 0.05) is 12.8 Å². The number of aryl methyl sites for hydroxylation is 3. The number of hydrogen-bond donors (Lipinski definition) is 1. The molecule has 0 saturated carbocycles. The van der Waals surface area contributed by atoms with Crippen LogP contribution >= 0.6 is 11.8 Å². The molecule has 2 aromatic heterocycles. The van der Waals surface area contributed by atoms with Crippen molar-refractivity contribution in [3.05, 3.63) is 35.9 Å². The van der Waals surface area contributed by atoms with Gasteiger partial charge in [-0.3, -0.25) is 0 Å². The minimum atomic E-state index is -0.472. The van der Waals surface area contributed by atoms with E-state index in [1.165, 1.54) is 22.9 Å². The second-order valence-corrected chi connectivity index (χ2v) is 6.50. The van der Waals surface area contributed by atoms with Crippen LogP contribution in [0.2, 0.25) is 0 Å². The van der Waals surface area contributed by atoms with E-state index in [-0.39, 0.29) is 0 Å². The lowest BCUT2D eigenvalue weighted by atomic mass is 10.1. The fourth-order valence-electron chi connectivity index (χ4n) is 2.31. The minimum Gasteiger partial charge on any atom is -0.390 e. The van der Waals surface area contributed by atoms with Crippen molar-refractivity contribution < 1.29 is 5.11 Å². The summed E-state index contributed by atoms with van der Waals surface area (Å²) in [7, 11) is 1.89. The zero-order valence-electron chi connectivity index (χ0n) is 12.9. The van der Waals surface area contributed by atoms with Gasteiger partial charge in [0.15, 0.2) is 5.16 Å². The van der Waals surface area contributed by atoms with E-state index in [1.54, 1.807) is 12.7 Å². The third-order valence-corrected chi connectivity index (χ3v) is 4.90. The van der Waals surface area contributed by atoms with Gasteiger partial charge in [-0.15, -0.1) is 10.2 Å². The molecule has 22 heavy (non-hydrogen) atoms. The second kappa shape index (κ2) is 6.10. The lowest BCUT2D eigenvalue weighted by molar-refractivity contribution is 0.179. The lowest BCUT2D eigenvalue weighted by Crippen LogP contribution is -2.18. The van der Waals surface area contributed by atoms with Crippen LogP contribution in [0.4, 0.5) is 0 Å². The van der Waals surface area contributed by atoms with Gasteiger partial charge in [-0.2, -0.15) is 0 Å². The first-order chi connectivity index (χ1) is 10.5. The maximum Gasteiger partial charge on any atom is 0.190 e. The summed E-state index contributed by atoms with van der Waals surface area (Å²) < 4.78 is 3.85. The van der Waals surface area contributed by atoms with Crippen LogP contribution in [0.15, 0.2) is 29.9 Å². The SMILES string of the molecule is Cc1cc2ncn(C[C@H](O)CSc3nncn3C)c2cc1C. The molecule has 0 aliphatic carbocycles. The Morgan fingerprint density at radius 3 is 2.73 bits per heavy atom. The van der Waals surface area contributed by atoms with Gasteiger partial charge in [0.25, 0.3) is 0 Å². The highest BCUT2D eigenvalue weighted by Crippen LogP contribution is 2.20. The average Bonchev–Trinajstić information content (AvgIpc) is 3.05. The number of aromatic nitrogens is 5. The maximum atomic E-state index is 10.3. The molecular formula is C15H19N5OS.